The molecule has 0 unspecified atom stereocenters. The Morgan fingerprint density at radius 2 is 1.46 bits per heavy atom. The summed E-state index contributed by atoms with van der Waals surface area (Å²) in [4.78, 5) is 30.8. The molecule has 0 heterocycles. The second-order valence-electron chi connectivity index (χ2n) is 2.20. The zero-order chi connectivity index (χ0) is 10.6. The standard InChI is InChI=1S/C5H7NO7/c7-2(8)1-5(6-13,3(9)10)4(11)12/h6,13H,1H2,(H,7,8)(H,9,10)(H,11,12). The molecule has 0 aliphatic heterocycles. The lowest BCUT2D eigenvalue weighted by molar-refractivity contribution is -0.170. The Kier molecular flexibility index (Phi) is 3.33. The van der Waals surface area contributed by atoms with Crippen LogP contribution in [-0.4, -0.2) is 44.0 Å². The predicted molar refractivity (Wildman–Crippen MR) is 35.2 cm³/mol. The van der Waals surface area contributed by atoms with Crippen LogP contribution in [-0.2, 0) is 14.4 Å². The second-order valence-corrected chi connectivity index (χ2v) is 2.20. The fourth-order valence-electron chi connectivity index (χ4n) is 0.605. The summed E-state index contributed by atoms with van der Waals surface area (Å²) >= 11 is 0. The van der Waals surface area contributed by atoms with Crippen LogP contribution in [0, 0.1) is 0 Å². The van der Waals surface area contributed by atoms with Gasteiger partial charge in [0.25, 0.3) is 0 Å². The molecule has 0 aromatic heterocycles. The maximum absolute atomic E-state index is 10.4. The molecule has 0 aliphatic rings. The van der Waals surface area contributed by atoms with Gasteiger partial charge in [-0.1, -0.05) is 0 Å². The highest BCUT2D eigenvalue weighted by atomic mass is 16.5. The van der Waals surface area contributed by atoms with Gasteiger partial charge in [0, 0.05) is 0 Å². The van der Waals surface area contributed by atoms with Gasteiger partial charge in [-0.25, -0.2) is 9.59 Å². The van der Waals surface area contributed by atoms with Gasteiger partial charge in [-0.3, -0.25) is 4.79 Å². The monoisotopic (exact) mass is 193 g/mol. The van der Waals surface area contributed by atoms with Gasteiger partial charge in [-0.2, -0.15) is 5.48 Å². The Balaban J connectivity index is 4.98. The van der Waals surface area contributed by atoms with Gasteiger partial charge in [0.05, 0.1) is 6.42 Å². The topological polar surface area (TPSA) is 144 Å². The molecule has 0 saturated heterocycles. The highest BCUT2D eigenvalue weighted by Gasteiger charge is 2.48. The summed E-state index contributed by atoms with van der Waals surface area (Å²) in [6, 6.07) is 0. The van der Waals surface area contributed by atoms with E-state index in [4.69, 9.17) is 20.5 Å². The van der Waals surface area contributed by atoms with E-state index in [9.17, 15) is 14.4 Å². The zero-order valence-electron chi connectivity index (χ0n) is 6.22. The first-order chi connectivity index (χ1) is 5.86. The summed E-state index contributed by atoms with van der Waals surface area (Å²) in [5.74, 6) is -5.62. The lowest BCUT2D eigenvalue weighted by Gasteiger charge is -2.20. The minimum absolute atomic E-state index is 0.966. The highest BCUT2D eigenvalue weighted by molar-refractivity contribution is 6.05. The van der Waals surface area contributed by atoms with Crippen LogP contribution in [0.25, 0.3) is 0 Å². The Bertz CT molecular complexity index is 233. The SMILES string of the molecule is O=C(O)CC(NO)(C(=O)O)C(=O)O. The molecule has 8 heteroatoms. The Hall–Kier alpha value is -1.67. The molecule has 0 atom stereocenters. The summed E-state index contributed by atoms with van der Waals surface area (Å²) in [7, 11) is 0. The number of hydrogen-bond donors (Lipinski definition) is 5. The number of nitrogens with one attached hydrogen (secondary N) is 1. The lowest BCUT2D eigenvalue weighted by atomic mass is 9.97. The summed E-state index contributed by atoms with van der Waals surface area (Å²) in [5.41, 5.74) is -1.93. The molecule has 8 nitrogen and oxygen atoms in total. The third kappa shape index (κ3) is 2.13. The van der Waals surface area contributed by atoms with E-state index in [1.165, 1.54) is 0 Å². The number of rotatable bonds is 5. The minimum atomic E-state index is -2.90. The molecule has 0 aromatic rings. The first kappa shape index (κ1) is 11.3. The van der Waals surface area contributed by atoms with Crippen LogP contribution < -0.4 is 5.48 Å². The van der Waals surface area contributed by atoms with Crippen molar-refractivity contribution in [2.75, 3.05) is 0 Å². The summed E-state index contributed by atoms with van der Waals surface area (Å²) < 4.78 is 0. The van der Waals surface area contributed by atoms with E-state index in [1.807, 2.05) is 0 Å². The fourth-order valence-corrected chi connectivity index (χ4v) is 0.605. The molecule has 0 radical (unpaired) electrons. The van der Waals surface area contributed by atoms with Crippen LogP contribution in [0.3, 0.4) is 0 Å². The van der Waals surface area contributed by atoms with Crippen LogP contribution in [0.1, 0.15) is 6.42 Å². The molecular weight excluding hydrogens is 186 g/mol. The normalized spacial score (nSPS) is 10.8. The van der Waals surface area contributed by atoms with Crippen molar-refractivity contribution >= 4 is 17.9 Å². The molecule has 0 spiro atoms. The van der Waals surface area contributed by atoms with Gasteiger partial charge in [0.2, 0.25) is 5.54 Å². The summed E-state index contributed by atoms with van der Waals surface area (Å²) in [6.07, 6.45) is -1.27. The molecule has 0 fully saturated rings. The van der Waals surface area contributed by atoms with Crippen molar-refractivity contribution in [2.24, 2.45) is 0 Å². The maximum atomic E-state index is 10.4. The van der Waals surface area contributed by atoms with Crippen molar-refractivity contribution in [3.8, 4) is 0 Å². The van der Waals surface area contributed by atoms with Crippen molar-refractivity contribution < 1.29 is 34.9 Å². The van der Waals surface area contributed by atoms with Crippen LogP contribution in [0.2, 0.25) is 0 Å². The smallest absolute Gasteiger partial charge is 0.338 e. The second kappa shape index (κ2) is 3.83. The molecule has 0 aromatic carbocycles. The van der Waals surface area contributed by atoms with Crippen molar-refractivity contribution in [1.82, 2.24) is 5.48 Å². The molecule has 0 amide bonds. The number of hydroxylamine groups is 1. The number of carboxylic acids is 3. The maximum Gasteiger partial charge on any atom is 0.338 e. The molecule has 13 heavy (non-hydrogen) atoms. The number of hydrogen-bond acceptors (Lipinski definition) is 5. The quantitative estimate of drug-likeness (QED) is 0.258. The van der Waals surface area contributed by atoms with E-state index < -0.39 is 29.9 Å². The van der Waals surface area contributed by atoms with Gasteiger partial charge in [0.15, 0.2) is 0 Å². The third-order valence-electron chi connectivity index (χ3n) is 1.34. The van der Waals surface area contributed by atoms with Gasteiger partial charge in [-0.15, -0.1) is 0 Å². The van der Waals surface area contributed by atoms with Gasteiger partial charge in [0.1, 0.15) is 0 Å². The average molecular weight is 193 g/mol. The minimum Gasteiger partial charge on any atom is -0.481 e. The predicted octanol–water partition coefficient (Wildman–Crippen LogP) is -1.65. The number of carbonyl (C=O) groups is 3. The van der Waals surface area contributed by atoms with Gasteiger partial charge in [-0.05, 0) is 0 Å². The van der Waals surface area contributed by atoms with Gasteiger partial charge < -0.3 is 20.5 Å². The van der Waals surface area contributed by atoms with E-state index in [0.29, 0.717) is 0 Å². The van der Waals surface area contributed by atoms with Crippen molar-refractivity contribution in [3.63, 3.8) is 0 Å². The molecule has 0 aliphatic carbocycles. The van der Waals surface area contributed by atoms with E-state index >= 15 is 0 Å². The molecule has 74 valence electrons. The Labute approximate surface area is 71.4 Å². The molecule has 0 saturated carbocycles. The van der Waals surface area contributed by atoms with E-state index in [2.05, 4.69) is 0 Å². The van der Waals surface area contributed by atoms with Gasteiger partial charge >= 0.3 is 17.9 Å². The first-order valence-electron chi connectivity index (χ1n) is 2.96. The number of carboxylic acid groups (broad SMARTS) is 3. The molecular formula is C5H7NO7. The first-order valence-corrected chi connectivity index (χ1v) is 2.96. The zero-order valence-corrected chi connectivity index (χ0v) is 6.22. The van der Waals surface area contributed by atoms with Crippen molar-refractivity contribution in [1.29, 1.82) is 0 Å². The summed E-state index contributed by atoms with van der Waals surface area (Å²) in [5, 5.41) is 33.2. The van der Waals surface area contributed by atoms with Crippen molar-refractivity contribution in [2.45, 2.75) is 12.0 Å². The van der Waals surface area contributed by atoms with Crippen LogP contribution in [0.4, 0.5) is 0 Å². The Morgan fingerprint density at radius 1 is 1.08 bits per heavy atom. The van der Waals surface area contributed by atoms with Crippen molar-refractivity contribution in [3.05, 3.63) is 0 Å². The molecule has 5 N–H and O–H groups in total. The van der Waals surface area contributed by atoms with Crippen LogP contribution >= 0.6 is 0 Å². The van der Waals surface area contributed by atoms with E-state index in [-0.39, 0.29) is 0 Å². The Morgan fingerprint density at radius 3 is 1.54 bits per heavy atom. The molecule has 0 rings (SSSR count). The summed E-state index contributed by atoms with van der Waals surface area (Å²) in [6.45, 7) is 0. The van der Waals surface area contributed by atoms with Crippen LogP contribution in [0.15, 0.2) is 0 Å². The van der Waals surface area contributed by atoms with Crippen LogP contribution in [0.5, 0.6) is 0 Å². The average Bonchev–Trinajstić information content (AvgIpc) is 1.98. The van der Waals surface area contributed by atoms with E-state index in [0.717, 1.165) is 5.48 Å². The largest absolute Gasteiger partial charge is 0.481 e. The number of aliphatic carboxylic acids is 3. The van der Waals surface area contributed by atoms with E-state index in [1.54, 1.807) is 0 Å². The lowest BCUT2D eigenvalue weighted by Crippen LogP contribution is -2.58. The highest BCUT2D eigenvalue weighted by Crippen LogP contribution is 2.10. The third-order valence-corrected chi connectivity index (χ3v) is 1.34. The molecule has 0 bridgehead atoms. The fraction of sp³-hybridized carbons (Fsp3) is 0.400.